The number of aliphatic hydroxyl groups is 1. The summed E-state index contributed by atoms with van der Waals surface area (Å²) in [7, 11) is 0. The van der Waals surface area contributed by atoms with E-state index in [1.807, 2.05) is 0 Å². The average molecular weight is 114 g/mol. The van der Waals surface area contributed by atoms with Crippen LogP contribution in [0.25, 0.3) is 0 Å². The van der Waals surface area contributed by atoms with Gasteiger partial charge in [0.15, 0.2) is 0 Å². The summed E-state index contributed by atoms with van der Waals surface area (Å²) >= 11 is 0. The van der Waals surface area contributed by atoms with Crippen LogP contribution < -0.4 is 0 Å². The topological polar surface area (TPSA) is 29.5 Å². The fraction of sp³-hybridized carbons (Fsp3) is 1.00. The Morgan fingerprint density at radius 2 is 2.25 bits per heavy atom. The fourth-order valence-electron chi connectivity index (χ4n) is 1.65. The minimum atomic E-state index is -0.145. The molecule has 0 aromatic heterocycles. The third kappa shape index (κ3) is 0.501. The van der Waals surface area contributed by atoms with E-state index >= 15 is 0 Å². The number of rotatable bonds is 0. The van der Waals surface area contributed by atoms with Gasteiger partial charge in [0.1, 0.15) is 0 Å². The molecule has 1 N–H and O–H groups in total. The standard InChI is InChI=1S/C6H10O2/c7-5-1-4-2-6(5)8-3-4/h4-7H,1-3H2/t4?,5-,6?/m0/s1. The normalized spacial score (nSPS) is 52.9. The van der Waals surface area contributed by atoms with E-state index in [1.165, 1.54) is 0 Å². The van der Waals surface area contributed by atoms with E-state index in [0.29, 0.717) is 5.92 Å². The molecular weight excluding hydrogens is 104 g/mol. The third-order valence-corrected chi connectivity index (χ3v) is 2.12. The summed E-state index contributed by atoms with van der Waals surface area (Å²) in [6.07, 6.45) is 2.12. The fourth-order valence-corrected chi connectivity index (χ4v) is 1.65. The molecule has 0 amide bonds. The first-order chi connectivity index (χ1) is 3.86. The van der Waals surface area contributed by atoms with Crippen molar-refractivity contribution in [3.8, 4) is 0 Å². The van der Waals surface area contributed by atoms with Gasteiger partial charge in [-0.15, -0.1) is 0 Å². The van der Waals surface area contributed by atoms with Crippen LogP contribution in [0.4, 0.5) is 0 Å². The van der Waals surface area contributed by atoms with E-state index in [1.54, 1.807) is 0 Å². The lowest BCUT2D eigenvalue weighted by Gasteiger charge is -2.15. The molecule has 2 fully saturated rings. The first-order valence-electron chi connectivity index (χ1n) is 3.16. The summed E-state index contributed by atoms with van der Waals surface area (Å²) in [5.41, 5.74) is 0. The number of ether oxygens (including phenoxy) is 1. The maximum atomic E-state index is 9.09. The van der Waals surface area contributed by atoms with Crippen LogP contribution in [0.1, 0.15) is 12.8 Å². The highest BCUT2D eigenvalue weighted by molar-refractivity contribution is 4.88. The summed E-state index contributed by atoms with van der Waals surface area (Å²) in [5.74, 6) is 0.676. The molecule has 46 valence electrons. The maximum Gasteiger partial charge on any atom is 0.0837 e. The third-order valence-electron chi connectivity index (χ3n) is 2.12. The molecule has 2 heteroatoms. The Hall–Kier alpha value is -0.0800. The molecule has 2 aliphatic rings. The second-order valence-corrected chi connectivity index (χ2v) is 2.78. The van der Waals surface area contributed by atoms with Crippen molar-refractivity contribution in [3.63, 3.8) is 0 Å². The molecule has 2 unspecified atom stereocenters. The van der Waals surface area contributed by atoms with E-state index in [2.05, 4.69) is 0 Å². The van der Waals surface area contributed by atoms with Crippen molar-refractivity contribution in [1.29, 1.82) is 0 Å². The van der Waals surface area contributed by atoms with Crippen LogP contribution in [0.15, 0.2) is 0 Å². The molecule has 0 spiro atoms. The Labute approximate surface area is 48.5 Å². The quantitative estimate of drug-likeness (QED) is 0.486. The Morgan fingerprint density at radius 1 is 1.38 bits per heavy atom. The first kappa shape index (κ1) is 4.77. The predicted molar refractivity (Wildman–Crippen MR) is 28.5 cm³/mol. The van der Waals surface area contributed by atoms with E-state index in [0.717, 1.165) is 19.4 Å². The van der Waals surface area contributed by atoms with Crippen molar-refractivity contribution in [3.05, 3.63) is 0 Å². The van der Waals surface area contributed by atoms with E-state index in [9.17, 15) is 0 Å². The molecule has 1 saturated carbocycles. The van der Waals surface area contributed by atoms with Gasteiger partial charge in [0.05, 0.1) is 18.8 Å². The Balaban J connectivity index is 2.11. The van der Waals surface area contributed by atoms with Gasteiger partial charge in [-0.3, -0.25) is 0 Å². The smallest absolute Gasteiger partial charge is 0.0837 e. The van der Waals surface area contributed by atoms with Crippen molar-refractivity contribution >= 4 is 0 Å². The number of aliphatic hydroxyl groups excluding tert-OH is 1. The van der Waals surface area contributed by atoms with Gasteiger partial charge in [0.25, 0.3) is 0 Å². The molecule has 8 heavy (non-hydrogen) atoms. The Bertz CT molecular complexity index is 101. The largest absolute Gasteiger partial charge is 0.390 e. The van der Waals surface area contributed by atoms with Crippen LogP contribution >= 0.6 is 0 Å². The van der Waals surface area contributed by atoms with Crippen molar-refractivity contribution in [2.45, 2.75) is 25.0 Å². The molecule has 0 aromatic rings. The molecule has 0 aromatic carbocycles. The second-order valence-electron chi connectivity index (χ2n) is 2.78. The Kier molecular flexibility index (Phi) is 0.866. The molecule has 2 nitrogen and oxygen atoms in total. The van der Waals surface area contributed by atoms with E-state index < -0.39 is 0 Å². The molecular formula is C6H10O2. The summed E-state index contributed by atoms with van der Waals surface area (Å²) in [5, 5.41) is 9.09. The van der Waals surface area contributed by atoms with Crippen LogP contribution in [0.5, 0.6) is 0 Å². The highest BCUT2D eigenvalue weighted by Crippen LogP contribution is 2.34. The SMILES string of the molecule is O[C@H]1CC2COC1C2. The molecule has 1 aliphatic carbocycles. The van der Waals surface area contributed by atoms with Gasteiger partial charge >= 0.3 is 0 Å². The lowest BCUT2D eigenvalue weighted by Crippen LogP contribution is -2.24. The molecule has 1 saturated heterocycles. The lowest BCUT2D eigenvalue weighted by atomic mass is 10.1. The van der Waals surface area contributed by atoms with E-state index in [-0.39, 0.29) is 12.2 Å². The molecule has 2 rings (SSSR count). The van der Waals surface area contributed by atoms with E-state index in [4.69, 9.17) is 9.84 Å². The highest BCUT2D eigenvalue weighted by atomic mass is 16.5. The van der Waals surface area contributed by atoms with Crippen LogP contribution in [-0.2, 0) is 4.74 Å². The van der Waals surface area contributed by atoms with Gasteiger partial charge in [-0.05, 0) is 18.8 Å². The van der Waals surface area contributed by atoms with Crippen LogP contribution in [-0.4, -0.2) is 23.9 Å². The second kappa shape index (κ2) is 1.45. The highest BCUT2D eigenvalue weighted by Gasteiger charge is 2.39. The zero-order chi connectivity index (χ0) is 5.56. The van der Waals surface area contributed by atoms with Gasteiger partial charge in [0.2, 0.25) is 0 Å². The predicted octanol–water partition coefficient (Wildman–Crippen LogP) is 0.156. The molecule has 2 bridgehead atoms. The molecule has 1 aliphatic heterocycles. The summed E-state index contributed by atoms with van der Waals surface area (Å²) in [4.78, 5) is 0. The summed E-state index contributed by atoms with van der Waals surface area (Å²) in [6, 6.07) is 0. The van der Waals surface area contributed by atoms with Gasteiger partial charge in [-0.25, -0.2) is 0 Å². The lowest BCUT2D eigenvalue weighted by molar-refractivity contribution is -0.0233. The Morgan fingerprint density at radius 3 is 2.50 bits per heavy atom. The van der Waals surface area contributed by atoms with Crippen molar-refractivity contribution in [1.82, 2.24) is 0 Å². The zero-order valence-corrected chi connectivity index (χ0v) is 4.71. The summed E-state index contributed by atoms with van der Waals surface area (Å²) < 4.78 is 5.21. The summed E-state index contributed by atoms with van der Waals surface area (Å²) in [6.45, 7) is 0.891. The van der Waals surface area contributed by atoms with Gasteiger partial charge in [-0.1, -0.05) is 0 Å². The maximum absolute atomic E-state index is 9.09. The van der Waals surface area contributed by atoms with Gasteiger partial charge < -0.3 is 9.84 Å². The number of fused-ring (bicyclic) bond motifs is 2. The van der Waals surface area contributed by atoms with Crippen LogP contribution in [0.3, 0.4) is 0 Å². The average Bonchev–Trinajstić information content (AvgIpc) is 2.23. The minimum absolute atomic E-state index is 0.145. The van der Waals surface area contributed by atoms with Crippen molar-refractivity contribution in [2.75, 3.05) is 6.61 Å². The van der Waals surface area contributed by atoms with Gasteiger partial charge in [-0.2, -0.15) is 0 Å². The molecule has 0 radical (unpaired) electrons. The monoisotopic (exact) mass is 114 g/mol. The molecule has 1 heterocycles. The number of hydrogen-bond donors (Lipinski definition) is 1. The minimum Gasteiger partial charge on any atom is -0.390 e. The van der Waals surface area contributed by atoms with Gasteiger partial charge in [0, 0.05) is 0 Å². The van der Waals surface area contributed by atoms with Crippen molar-refractivity contribution in [2.24, 2.45) is 5.92 Å². The number of hydrogen-bond acceptors (Lipinski definition) is 2. The zero-order valence-electron chi connectivity index (χ0n) is 4.71. The first-order valence-corrected chi connectivity index (χ1v) is 3.16. The molecule has 3 atom stereocenters. The van der Waals surface area contributed by atoms with Crippen LogP contribution in [0.2, 0.25) is 0 Å². The van der Waals surface area contributed by atoms with Crippen LogP contribution in [0, 0.1) is 5.92 Å². The van der Waals surface area contributed by atoms with Crippen molar-refractivity contribution < 1.29 is 9.84 Å².